The summed E-state index contributed by atoms with van der Waals surface area (Å²) in [5.74, 6) is 2.01. The van der Waals surface area contributed by atoms with E-state index in [4.69, 9.17) is 0 Å². The molecule has 19 heavy (non-hydrogen) atoms. The largest absolute Gasteiger partial charge is 0.0795 e. The standard InChI is InChI=1S/C10H10.C9H8/c1-2-4-9-7(3-1)5-8-6-10(8)9;1-2-5-9-7-3-6-8(9)4-1/h1-4,8,10H,5-6H2;1-6H,7H2. The van der Waals surface area contributed by atoms with Crippen molar-refractivity contribution < 1.29 is 0 Å². The Hall–Kier alpha value is -1.82. The number of benzene rings is 2. The first-order valence-electron chi connectivity index (χ1n) is 7.24. The molecule has 0 amide bonds. The number of hydrogen-bond donors (Lipinski definition) is 0. The lowest BCUT2D eigenvalue weighted by Crippen LogP contribution is -1.83. The molecule has 2 unspecified atom stereocenters. The van der Waals surface area contributed by atoms with Gasteiger partial charge in [-0.2, -0.15) is 0 Å². The van der Waals surface area contributed by atoms with Crippen LogP contribution in [0.5, 0.6) is 0 Å². The molecule has 0 N–H and O–H groups in total. The Labute approximate surface area is 114 Å². The summed E-state index contributed by atoms with van der Waals surface area (Å²) in [5.41, 5.74) is 6.10. The van der Waals surface area contributed by atoms with Crippen LogP contribution < -0.4 is 0 Å². The average Bonchev–Trinajstić information content (AvgIpc) is 2.93. The summed E-state index contributed by atoms with van der Waals surface area (Å²) in [6.45, 7) is 0. The molecular formula is C19H18. The number of rotatable bonds is 0. The predicted molar refractivity (Wildman–Crippen MR) is 80.2 cm³/mol. The van der Waals surface area contributed by atoms with E-state index in [9.17, 15) is 0 Å². The molecule has 0 spiro atoms. The van der Waals surface area contributed by atoms with Gasteiger partial charge in [-0.05, 0) is 53.4 Å². The molecule has 0 radical (unpaired) electrons. The lowest BCUT2D eigenvalue weighted by atomic mass is 10.1. The highest BCUT2D eigenvalue weighted by Crippen LogP contribution is 2.55. The van der Waals surface area contributed by atoms with E-state index in [1.54, 1.807) is 11.1 Å². The maximum Gasteiger partial charge on any atom is -0.00882 e. The lowest BCUT2D eigenvalue weighted by molar-refractivity contribution is 0.857. The van der Waals surface area contributed by atoms with Gasteiger partial charge in [0.05, 0.1) is 0 Å². The second-order valence-electron chi connectivity index (χ2n) is 5.81. The van der Waals surface area contributed by atoms with Gasteiger partial charge < -0.3 is 0 Å². The van der Waals surface area contributed by atoms with Crippen molar-refractivity contribution in [1.29, 1.82) is 0 Å². The molecule has 0 heterocycles. The summed E-state index contributed by atoms with van der Waals surface area (Å²) in [7, 11) is 0. The Morgan fingerprint density at radius 3 is 2.47 bits per heavy atom. The molecule has 3 aliphatic rings. The van der Waals surface area contributed by atoms with Crippen LogP contribution in [0.1, 0.15) is 34.6 Å². The Bertz CT molecular complexity index is 636. The fourth-order valence-electron chi connectivity index (χ4n) is 3.41. The molecule has 0 heteroatoms. The lowest BCUT2D eigenvalue weighted by Gasteiger charge is -1.98. The molecule has 1 fully saturated rings. The predicted octanol–water partition coefficient (Wildman–Crippen LogP) is 4.60. The van der Waals surface area contributed by atoms with Crippen LogP contribution in [0.25, 0.3) is 6.08 Å². The summed E-state index contributed by atoms with van der Waals surface area (Å²) in [4.78, 5) is 0. The van der Waals surface area contributed by atoms with Crippen molar-refractivity contribution >= 4 is 6.08 Å². The first-order chi connectivity index (χ1) is 9.42. The van der Waals surface area contributed by atoms with Crippen molar-refractivity contribution in [2.75, 3.05) is 0 Å². The Balaban J connectivity index is 0.000000103. The topological polar surface area (TPSA) is 0 Å². The van der Waals surface area contributed by atoms with Gasteiger partial charge >= 0.3 is 0 Å². The summed E-state index contributed by atoms with van der Waals surface area (Å²) >= 11 is 0. The average molecular weight is 246 g/mol. The van der Waals surface area contributed by atoms with Gasteiger partial charge in [-0.3, -0.25) is 0 Å². The molecule has 3 aliphatic carbocycles. The molecule has 0 nitrogen and oxygen atoms in total. The molecule has 0 bridgehead atoms. The Kier molecular flexibility index (Phi) is 2.55. The Morgan fingerprint density at radius 1 is 0.842 bits per heavy atom. The SMILES string of the molecule is C1=Cc2ccccc2C1.c1ccc2c(c1)CC1CC21. The molecule has 2 aromatic rings. The third-order valence-corrected chi connectivity index (χ3v) is 4.55. The van der Waals surface area contributed by atoms with Crippen molar-refractivity contribution in [2.45, 2.75) is 25.2 Å². The van der Waals surface area contributed by atoms with Crippen molar-refractivity contribution in [3.63, 3.8) is 0 Å². The van der Waals surface area contributed by atoms with Gasteiger partial charge in [0.25, 0.3) is 0 Å². The fourth-order valence-corrected chi connectivity index (χ4v) is 3.41. The van der Waals surface area contributed by atoms with Gasteiger partial charge in [-0.25, -0.2) is 0 Å². The summed E-state index contributed by atoms with van der Waals surface area (Å²) < 4.78 is 0. The maximum absolute atomic E-state index is 2.30. The van der Waals surface area contributed by atoms with E-state index >= 15 is 0 Å². The zero-order chi connectivity index (χ0) is 12.7. The van der Waals surface area contributed by atoms with Crippen LogP contribution in [0.2, 0.25) is 0 Å². The van der Waals surface area contributed by atoms with Gasteiger partial charge in [0.15, 0.2) is 0 Å². The first-order valence-corrected chi connectivity index (χ1v) is 7.24. The van der Waals surface area contributed by atoms with Gasteiger partial charge in [0, 0.05) is 0 Å². The summed E-state index contributed by atoms with van der Waals surface area (Å²) in [6, 6.07) is 17.4. The fraction of sp³-hybridized carbons (Fsp3) is 0.263. The van der Waals surface area contributed by atoms with Gasteiger partial charge in [-0.1, -0.05) is 60.7 Å². The molecule has 0 aromatic heterocycles. The van der Waals surface area contributed by atoms with Crippen LogP contribution >= 0.6 is 0 Å². The van der Waals surface area contributed by atoms with E-state index in [1.807, 2.05) is 0 Å². The van der Waals surface area contributed by atoms with Gasteiger partial charge in [-0.15, -0.1) is 0 Å². The minimum Gasteiger partial charge on any atom is -0.0795 e. The van der Waals surface area contributed by atoms with E-state index < -0.39 is 0 Å². The molecular weight excluding hydrogens is 228 g/mol. The van der Waals surface area contributed by atoms with Crippen LogP contribution in [0.4, 0.5) is 0 Å². The maximum atomic E-state index is 2.30. The molecule has 0 aliphatic heterocycles. The van der Waals surface area contributed by atoms with E-state index in [-0.39, 0.29) is 0 Å². The van der Waals surface area contributed by atoms with Crippen LogP contribution in [-0.4, -0.2) is 0 Å². The van der Waals surface area contributed by atoms with Gasteiger partial charge in [0.1, 0.15) is 0 Å². The Morgan fingerprint density at radius 2 is 1.63 bits per heavy atom. The van der Waals surface area contributed by atoms with E-state index in [0.29, 0.717) is 0 Å². The van der Waals surface area contributed by atoms with Crippen LogP contribution in [0, 0.1) is 5.92 Å². The number of allylic oxidation sites excluding steroid dienone is 1. The molecule has 2 atom stereocenters. The summed E-state index contributed by atoms with van der Waals surface area (Å²) in [6.07, 6.45) is 8.33. The highest BCUT2D eigenvalue weighted by Gasteiger charge is 2.44. The van der Waals surface area contributed by atoms with E-state index in [2.05, 4.69) is 60.7 Å². The second kappa shape index (κ2) is 4.38. The molecule has 0 saturated heterocycles. The highest BCUT2D eigenvalue weighted by atomic mass is 14.5. The normalized spacial score (nSPS) is 24.0. The molecule has 94 valence electrons. The molecule has 5 rings (SSSR count). The number of fused-ring (bicyclic) bond motifs is 4. The zero-order valence-electron chi connectivity index (χ0n) is 11.0. The minimum absolute atomic E-state index is 0.969. The quantitative estimate of drug-likeness (QED) is 0.637. The van der Waals surface area contributed by atoms with Crippen molar-refractivity contribution in [3.8, 4) is 0 Å². The van der Waals surface area contributed by atoms with Crippen molar-refractivity contribution in [1.82, 2.24) is 0 Å². The molecule has 2 aromatic carbocycles. The third kappa shape index (κ3) is 2.02. The van der Waals surface area contributed by atoms with Crippen LogP contribution in [0.3, 0.4) is 0 Å². The van der Waals surface area contributed by atoms with Crippen molar-refractivity contribution in [3.05, 3.63) is 76.9 Å². The van der Waals surface area contributed by atoms with Gasteiger partial charge in [0.2, 0.25) is 0 Å². The van der Waals surface area contributed by atoms with Crippen LogP contribution in [0.15, 0.2) is 54.6 Å². The number of hydrogen-bond acceptors (Lipinski definition) is 0. The smallest absolute Gasteiger partial charge is 0.00882 e. The highest BCUT2D eigenvalue weighted by molar-refractivity contribution is 5.59. The zero-order valence-corrected chi connectivity index (χ0v) is 11.0. The minimum atomic E-state index is 0.969. The summed E-state index contributed by atoms with van der Waals surface area (Å²) in [5, 5.41) is 0. The van der Waals surface area contributed by atoms with Crippen LogP contribution in [-0.2, 0) is 12.8 Å². The van der Waals surface area contributed by atoms with E-state index in [1.165, 1.54) is 24.0 Å². The second-order valence-corrected chi connectivity index (χ2v) is 5.81. The van der Waals surface area contributed by atoms with Crippen molar-refractivity contribution in [2.24, 2.45) is 5.92 Å². The third-order valence-electron chi connectivity index (χ3n) is 4.55. The molecule has 1 saturated carbocycles. The first kappa shape index (κ1) is 11.0. The monoisotopic (exact) mass is 246 g/mol. The van der Waals surface area contributed by atoms with E-state index in [0.717, 1.165) is 18.3 Å².